The van der Waals surface area contributed by atoms with Crippen LogP contribution in [-0.2, 0) is 10.2 Å². The number of nitrogens with one attached hydrogen (secondary N) is 1. The van der Waals surface area contributed by atoms with Gasteiger partial charge in [-0.15, -0.1) is 5.10 Å². The first-order chi connectivity index (χ1) is 11.4. The van der Waals surface area contributed by atoms with Crippen LogP contribution in [0.25, 0.3) is 11.7 Å². The van der Waals surface area contributed by atoms with Gasteiger partial charge in [0.2, 0.25) is 5.91 Å². The van der Waals surface area contributed by atoms with Gasteiger partial charge in [-0.05, 0) is 23.1 Å². The van der Waals surface area contributed by atoms with Crippen LogP contribution in [0.4, 0.5) is 5.82 Å². The van der Waals surface area contributed by atoms with Crippen LogP contribution in [0.2, 0.25) is 0 Å². The molecule has 0 bridgehead atoms. The third-order valence-electron chi connectivity index (χ3n) is 3.61. The van der Waals surface area contributed by atoms with E-state index in [0.29, 0.717) is 5.82 Å². The lowest BCUT2D eigenvalue weighted by Gasteiger charge is -2.18. The summed E-state index contributed by atoms with van der Waals surface area (Å²) >= 11 is 0. The van der Waals surface area contributed by atoms with E-state index in [4.69, 9.17) is 0 Å². The first kappa shape index (κ1) is 15.9. The molecule has 1 aromatic carbocycles. The lowest BCUT2D eigenvalue weighted by molar-refractivity contribution is -0.111. The number of nitrogens with zero attached hydrogens (tertiary/aromatic N) is 3. The fourth-order valence-electron chi connectivity index (χ4n) is 2.56. The third kappa shape index (κ3) is 3.35. The van der Waals surface area contributed by atoms with E-state index in [0.717, 1.165) is 16.8 Å². The zero-order valence-corrected chi connectivity index (χ0v) is 14.0. The van der Waals surface area contributed by atoms with Crippen molar-refractivity contribution in [2.75, 3.05) is 5.32 Å². The first-order valence-electron chi connectivity index (χ1n) is 7.83. The molecule has 1 amide bonds. The lowest BCUT2D eigenvalue weighted by atomic mass is 9.88. The molecule has 0 aliphatic heterocycles. The highest BCUT2D eigenvalue weighted by Gasteiger charge is 2.26. The van der Waals surface area contributed by atoms with Gasteiger partial charge in [0.05, 0.1) is 0 Å². The summed E-state index contributed by atoms with van der Waals surface area (Å²) in [5.41, 5.74) is 2.46. The number of carbonyl (C=O) groups is 1. The molecule has 2 heterocycles. The Labute approximate surface area is 141 Å². The van der Waals surface area contributed by atoms with Crippen molar-refractivity contribution in [1.29, 1.82) is 0 Å². The lowest BCUT2D eigenvalue weighted by Crippen LogP contribution is -2.17. The molecule has 0 radical (unpaired) electrons. The Hall–Kier alpha value is -2.95. The highest BCUT2D eigenvalue weighted by atomic mass is 16.1. The summed E-state index contributed by atoms with van der Waals surface area (Å²) < 4.78 is 1.69. The van der Waals surface area contributed by atoms with Crippen molar-refractivity contribution in [1.82, 2.24) is 14.6 Å². The highest BCUT2D eigenvalue weighted by Crippen LogP contribution is 2.32. The molecule has 0 saturated heterocycles. The number of aromatic nitrogens is 3. The van der Waals surface area contributed by atoms with E-state index < -0.39 is 0 Å². The van der Waals surface area contributed by atoms with E-state index in [1.807, 2.05) is 42.6 Å². The van der Waals surface area contributed by atoms with Crippen LogP contribution in [0.5, 0.6) is 0 Å². The summed E-state index contributed by atoms with van der Waals surface area (Å²) in [4.78, 5) is 16.7. The van der Waals surface area contributed by atoms with Crippen molar-refractivity contribution < 1.29 is 4.79 Å². The van der Waals surface area contributed by atoms with Gasteiger partial charge in [0.15, 0.2) is 11.5 Å². The van der Waals surface area contributed by atoms with Crippen LogP contribution in [0.3, 0.4) is 0 Å². The summed E-state index contributed by atoms with van der Waals surface area (Å²) in [5, 5.41) is 7.34. The molecule has 0 unspecified atom stereocenters. The number of carbonyl (C=O) groups excluding carboxylic acids is 1. The second kappa shape index (κ2) is 6.28. The summed E-state index contributed by atoms with van der Waals surface area (Å²) in [6.07, 6.45) is 6.85. The van der Waals surface area contributed by atoms with Crippen LogP contribution < -0.4 is 5.32 Å². The van der Waals surface area contributed by atoms with Gasteiger partial charge in [-0.3, -0.25) is 4.79 Å². The molecule has 5 nitrogen and oxygen atoms in total. The number of fused-ring (bicyclic) bond motifs is 1. The molecule has 2 aromatic heterocycles. The minimum absolute atomic E-state index is 0.193. The number of amides is 1. The van der Waals surface area contributed by atoms with E-state index in [1.54, 1.807) is 16.8 Å². The third-order valence-corrected chi connectivity index (χ3v) is 3.61. The molecule has 5 heteroatoms. The van der Waals surface area contributed by atoms with Crippen molar-refractivity contribution in [2.45, 2.75) is 26.2 Å². The number of hydrogen-bond donors (Lipinski definition) is 1. The standard InChI is InChI=1S/C19H20N4O/c1-19(2,3)16-17(22-23-13-7-12-20-18(16)23)21-15(24)11-10-14-8-5-4-6-9-14/h4-13H,1-3H3,(H,21,22,24). The van der Waals surface area contributed by atoms with Gasteiger partial charge in [0.25, 0.3) is 0 Å². The summed E-state index contributed by atoms with van der Waals surface area (Å²) in [6.45, 7) is 6.23. The molecular formula is C19H20N4O. The highest BCUT2D eigenvalue weighted by molar-refractivity contribution is 6.02. The largest absolute Gasteiger partial charge is 0.305 e. The van der Waals surface area contributed by atoms with Gasteiger partial charge in [0.1, 0.15) is 0 Å². The Morgan fingerprint density at radius 2 is 1.92 bits per heavy atom. The van der Waals surface area contributed by atoms with E-state index in [-0.39, 0.29) is 11.3 Å². The predicted octanol–water partition coefficient (Wildman–Crippen LogP) is 3.68. The Morgan fingerprint density at radius 1 is 1.17 bits per heavy atom. The molecule has 0 fully saturated rings. The topological polar surface area (TPSA) is 59.3 Å². The first-order valence-corrected chi connectivity index (χ1v) is 7.83. The Bertz CT molecular complexity index is 889. The molecule has 3 rings (SSSR count). The van der Waals surface area contributed by atoms with Crippen molar-refractivity contribution in [3.8, 4) is 0 Å². The molecule has 3 aromatic rings. The molecule has 0 spiro atoms. The van der Waals surface area contributed by atoms with Crippen LogP contribution in [0.1, 0.15) is 31.9 Å². The van der Waals surface area contributed by atoms with Gasteiger partial charge < -0.3 is 5.32 Å². The summed E-state index contributed by atoms with van der Waals surface area (Å²) in [5.74, 6) is 0.330. The smallest absolute Gasteiger partial charge is 0.249 e. The minimum atomic E-state index is -0.215. The Morgan fingerprint density at radius 3 is 2.62 bits per heavy atom. The molecule has 0 aliphatic rings. The summed E-state index contributed by atoms with van der Waals surface area (Å²) in [6, 6.07) is 11.5. The molecule has 0 atom stereocenters. The maximum Gasteiger partial charge on any atom is 0.249 e. The van der Waals surface area contributed by atoms with Crippen molar-refractivity contribution in [3.05, 3.63) is 66.0 Å². The van der Waals surface area contributed by atoms with Gasteiger partial charge in [-0.2, -0.15) is 0 Å². The minimum Gasteiger partial charge on any atom is -0.305 e. The van der Waals surface area contributed by atoms with E-state index in [2.05, 4.69) is 36.2 Å². The molecule has 24 heavy (non-hydrogen) atoms. The molecule has 0 aliphatic carbocycles. The number of anilines is 1. The predicted molar refractivity (Wildman–Crippen MR) is 95.8 cm³/mol. The summed E-state index contributed by atoms with van der Waals surface area (Å²) in [7, 11) is 0. The van der Waals surface area contributed by atoms with Crippen LogP contribution in [0.15, 0.2) is 54.9 Å². The van der Waals surface area contributed by atoms with Crippen LogP contribution in [-0.4, -0.2) is 20.5 Å². The molecular weight excluding hydrogens is 300 g/mol. The fraction of sp³-hybridized carbons (Fsp3) is 0.211. The van der Waals surface area contributed by atoms with Crippen molar-refractivity contribution in [2.24, 2.45) is 0 Å². The van der Waals surface area contributed by atoms with Crippen molar-refractivity contribution in [3.63, 3.8) is 0 Å². The second-order valence-corrected chi connectivity index (χ2v) is 6.59. The average Bonchev–Trinajstić information content (AvgIpc) is 2.91. The number of benzene rings is 1. The maximum absolute atomic E-state index is 12.3. The van der Waals surface area contributed by atoms with Gasteiger partial charge >= 0.3 is 0 Å². The zero-order chi connectivity index (χ0) is 17.2. The van der Waals surface area contributed by atoms with Gasteiger partial charge in [-0.1, -0.05) is 51.1 Å². The fourth-order valence-corrected chi connectivity index (χ4v) is 2.56. The normalized spacial score (nSPS) is 12.0. The van der Waals surface area contributed by atoms with Crippen LogP contribution >= 0.6 is 0 Å². The molecule has 0 saturated carbocycles. The molecule has 1 N–H and O–H groups in total. The molecule has 122 valence electrons. The quantitative estimate of drug-likeness (QED) is 0.749. The van der Waals surface area contributed by atoms with Gasteiger partial charge in [-0.25, -0.2) is 9.50 Å². The monoisotopic (exact) mass is 320 g/mol. The number of hydrogen-bond acceptors (Lipinski definition) is 3. The second-order valence-electron chi connectivity index (χ2n) is 6.59. The number of rotatable bonds is 3. The Balaban J connectivity index is 1.90. The van der Waals surface area contributed by atoms with E-state index in [1.165, 1.54) is 6.08 Å². The SMILES string of the molecule is CC(C)(C)c1c(NC(=O)C=Cc2ccccc2)nn2cccnc12. The van der Waals surface area contributed by atoms with Crippen LogP contribution in [0, 0.1) is 0 Å². The zero-order valence-electron chi connectivity index (χ0n) is 14.0. The van der Waals surface area contributed by atoms with E-state index in [9.17, 15) is 4.79 Å². The van der Waals surface area contributed by atoms with Crippen molar-refractivity contribution >= 4 is 23.4 Å². The average molecular weight is 320 g/mol. The van der Waals surface area contributed by atoms with E-state index >= 15 is 0 Å². The maximum atomic E-state index is 12.3. The Kier molecular flexibility index (Phi) is 4.16. The van der Waals surface area contributed by atoms with Gasteiger partial charge in [0, 0.05) is 24.0 Å².